The van der Waals surface area contributed by atoms with Gasteiger partial charge in [-0.3, -0.25) is 14.5 Å². The summed E-state index contributed by atoms with van der Waals surface area (Å²) in [5.74, 6) is -2.71. The third-order valence-corrected chi connectivity index (χ3v) is 8.10. The van der Waals surface area contributed by atoms with Crippen LogP contribution in [-0.4, -0.2) is 38.8 Å². The summed E-state index contributed by atoms with van der Waals surface area (Å²) in [5, 5.41) is 21.2. The zero-order valence-corrected chi connectivity index (χ0v) is 17.5. The normalized spacial score (nSPS) is 39.3. The quantitative estimate of drug-likeness (QED) is 0.741. The van der Waals surface area contributed by atoms with Gasteiger partial charge in [0.05, 0.1) is 17.9 Å². The van der Waals surface area contributed by atoms with E-state index in [1.165, 1.54) is 6.42 Å². The van der Waals surface area contributed by atoms with Crippen molar-refractivity contribution in [1.82, 2.24) is 4.90 Å². The molecule has 0 spiro atoms. The first kappa shape index (κ1) is 20.0. The van der Waals surface area contributed by atoms with E-state index < -0.39 is 11.7 Å². The van der Waals surface area contributed by atoms with E-state index in [-0.39, 0.29) is 47.5 Å². The Labute approximate surface area is 177 Å². The minimum Gasteiger partial charge on any atom is -0.508 e. The lowest BCUT2D eigenvalue weighted by molar-refractivity contribution is -0.269. The molecule has 0 radical (unpaired) electrons. The number of aliphatic hydroxyl groups is 1. The Morgan fingerprint density at radius 1 is 1.07 bits per heavy atom. The summed E-state index contributed by atoms with van der Waals surface area (Å²) in [6.07, 6.45) is 6.46. The smallest absolute Gasteiger partial charge is 0.233 e. The van der Waals surface area contributed by atoms with E-state index in [1.54, 1.807) is 29.2 Å². The maximum absolute atomic E-state index is 13.5. The van der Waals surface area contributed by atoms with Gasteiger partial charge >= 0.3 is 0 Å². The van der Waals surface area contributed by atoms with Crippen molar-refractivity contribution in [3.05, 3.63) is 29.8 Å². The number of carbonyl (C=O) groups is 2. The minimum atomic E-state index is -1.39. The third kappa shape index (κ3) is 2.91. The molecule has 2 saturated heterocycles. The predicted molar refractivity (Wildman–Crippen MR) is 109 cm³/mol. The molecule has 2 amide bonds. The van der Waals surface area contributed by atoms with Gasteiger partial charge in [0.25, 0.3) is 0 Å². The summed E-state index contributed by atoms with van der Waals surface area (Å²) in [6.45, 7) is 2.01. The van der Waals surface area contributed by atoms with Gasteiger partial charge in [-0.15, -0.1) is 0 Å². The molecule has 4 fully saturated rings. The van der Waals surface area contributed by atoms with Crippen molar-refractivity contribution in [2.75, 3.05) is 0 Å². The molecule has 0 aromatic heterocycles. The van der Waals surface area contributed by atoms with Crippen molar-refractivity contribution in [2.24, 2.45) is 23.7 Å². The monoisotopic (exact) mass is 413 g/mol. The highest BCUT2D eigenvalue weighted by Gasteiger charge is 2.66. The van der Waals surface area contributed by atoms with Crippen LogP contribution in [0.2, 0.25) is 0 Å². The number of rotatable bonds is 3. The molecule has 162 valence electrons. The number of hydrogen-bond donors (Lipinski definition) is 2. The molecular weight excluding hydrogens is 382 g/mol. The Morgan fingerprint density at radius 2 is 1.77 bits per heavy atom. The first-order valence-corrected chi connectivity index (χ1v) is 11.5. The van der Waals surface area contributed by atoms with Crippen LogP contribution >= 0.6 is 0 Å². The second-order valence-electron chi connectivity index (χ2n) is 9.60. The molecule has 2 aliphatic carbocycles. The van der Waals surface area contributed by atoms with Crippen LogP contribution in [0.15, 0.2) is 24.3 Å². The van der Waals surface area contributed by atoms with Gasteiger partial charge < -0.3 is 14.9 Å². The van der Waals surface area contributed by atoms with E-state index >= 15 is 0 Å². The van der Waals surface area contributed by atoms with E-state index in [0.717, 1.165) is 31.2 Å². The van der Waals surface area contributed by atoms with Crippen molar-refractivity contribution in [1.29, 1.82) is 0 Å². The molecule has 4 aliphatic rings. The zero-order valence-electron chi connectivity index (χ0n) is 17.5. The molecule has 6 heteroatoms. The molecule has 2 saturated carbocycles. The number of hydrogen-bond acceptors (Lipinski definition) is 5. The largest absolute Gasteiger partial charge is 0.508 e. The van der Waals surface area contributed by atoms with Crippen molar-refractivity contribution in [3.63, 3.8) is 0 Å². The number of ether oxygens (including phenoxy) is 1. The number of likely N-dealkylation sites (tertiary alicyclic amines) is 1. The van der Waals surface area contributed by atoms with Gasteiger partial charge in [-0.25, -0.2) is 0 Å². The fraction of sp³-hybridized carbons (Fsp3) is 0.667. The fourth-order valence-electron chi connectivity index (χ4n) is 6.57. The molecule has 0 bridgehead atoms. The number of phenolic OH excluding ortho intramolecular Hbond substituents is 1. The molecule has 6 nitrogen and oxygen atoms in total. The van der Waals surface area contributed by atoms with Crippen LogP contribution in [-0.2, 0) is 14.3 Å². The molecule has 2 N–H and O–H groups in total. The Morgan fingerprint density at radius 3 is 2.43 bits per heavy atom. The second-order valence-corrected chi connectivity index (χ2v) is 9.60. The van der Waals surface area contributed by atoms with Gasteiger partial charge in [0, 0.05) is 17.9 Å². The van der Waals surface area contributed by atoms with Crippen LogP contribution in [0.5, 0.6) is 5.75 Å². The van der Waals surface area contributed by atoms with E-state index in [2.05, 4.69) is 0 Å². The maximum atomic E-state index is 13.5. The number of carbonyl (C=O) groups excluding carboxylic acids is 2. The van der Waals surface area contributed by atoms with Crippen LogP contribution in [0.4, 0.5) is 0 Å². The van der Waals surface area contributed by atoms with Gasteiger partial charge in [-0.1, -0.05) is 38.3 Å². The van der Waals surface area contributed by atoms with E-state index in [9.17, 15) is 19.8 Å². The summed E-state index contributed by atoms with van der Waals surface area (Å²) in [7, 11) is 0. The van der Waals surface area contributed by atoms with Gasteiger partial charge in [-0.2, -0.15) is 0 Å². The highest BCUT2D eigenvalue weighted by molar-refractivity contribution is 6.05. The summed E-state index contributed by atoms with van der Waals surface area (Å²) in [4.78, 5) is 28.4. The minimum absolute atomic E-state index is 0.0211. The van der Waals surface area contributed by atoms with Gasteiger partial charge in [0.15, 0.2) is 5.79 Å². The Kier molecular flexibility index (Phi) is 4.90. The van der Waals surface area contributed by atoms with E-state index in [0.29, 0.717) is 19.3 Å². The second kappa shape index (κ2) is 7.34. The summed E-state index contributed by atoms with van der Waals surface area (Å²) < 4.78 is 6.25. The molecule has 30 heavy (non-hydrogen) atoms. The molecule has 6 atom stereocenters. The topological polar surface area (TPSA) is 87.1 Å². The Balaban J connectivity index is 1.47. The average Bonchev–Trinajstić information content (AvgIpc) is 3.22. The third-order valence-electron chi connectivity index (χ3n) is 8.10. The van der Waals surface area contributed by atoms with Crippen molar-refractivity contribution in [2.45, 2.75) is 76.2 Å². The zero-order chi connectivity index (χ0) is 21.0. The Bertz CT molecular complexity index is 833. The Hall–Kier alpha value is -1.92. The molecule has 1 aromatic rings. The summed E-state index contributed by atoms with van der Waals surface area (Å²) in [6, 6.07) is 6.84. The first-order valence-electron chi connectivity index (χ1n) is 11.5. The van der Waals surface area contributed by atoms with Gasteiger partial charge in [-0.05, 0) is 49.8 Å². The number of amides is 2. The van der Waals surface area contributed by atoms with E-state index in [1.807, 2.05) is 6.92 Å². The fourth-order valence-corrected chi connectivity index (χ4v) is 6.57. The molecule has 2 aliphatic heterocycles. The molecule has 0 unspecified atom stereocenters. The van der Waals surface area contributed by atoms with Gasteiger partial charge in [0.2, 0.25) is 11.8 Å². The number of aromatic hydroxyl groups is 1. The predicted octanol–water partition coefficient (Wildman–Crippen LogP) is 3.52. The number of benzene rings is 1. The number of imide groups is 1. The van der Waals surface area contributed by atoms with E-state index in [4.69, 9.17) is 4.74 Å². The molecule has 1 aromatic carbocycles. The van der Waals surface area contributed by atoms with Crippen molar-refractivity contribution >= 4 is 11.8 Å². The highest BCUT2D eigenvalue weighted by Crippen LogP contribution is 2.59. The maximum Gasteiger partial charge on any atom is 0.233 e. The van der Waals surface area contributed by atoms with Crippen molar-refractivity contribution < 1.29 is 24.5 Å². The van der Waals surface area contributed by atoms with Crippen LogP contribution in [0.1, 0.15) is 70.0 Å². The molecule has 5 rings (SSSR count). The van der Waals surface area contributed by atoms with Crippen molar-refractivity contribution in [3.8, 4) is 5.75 Å². The lowest BCUT2D eigenvalue weighted by atomic mass is 9.64. The highest BCUT2D eigenvalue weighted by atomic mass is 16.6. The summed E-state index contributed by atoms with van der Waals surface area (Å²) in [5.41, 5.74) is 0.878. The average molecular weight is 414 g/mol. The number of phenols is 1. The first-order chi connectivity index (χ1) is 14.4. The molecule has 2 heterocycles. The summed E-state index contributed by atoms with van der Waals surface area (Å²) >= 11 is 0. The number of fused-ring (bicyclic) bond motifs is 3. The van der Waals surface area contributed by atoms with Crippen LogP contribution in [0.25, 0.3) is 0 Å². The SMILES string of the molecule is CC[C@H]1C[C@@H]2C(=O)N(C3CCCCC3)C(=O)[C@@H]2[C@@H]2C[C@@H](c3ccc(O)cc3)O[C@]12O. The molecular formula is C24H31NO5. The van der Waals surface area contributed by atoms with Gasteiger partial charge in [0.1, 0.15) is 5.75 Å². The standard InChI is InChI=1S/C24H31NO5/c1-2-15-12-18-21(23(28)25(22(18)27)16-6-4-3-5-7-16)19-13-20(30-24(15,19)29)14-8-10-17(26)11-9-14/h8-11,15-16,18-21,26,29H,2-7,12-13H2,1H3/t15-,18-,19-,20-,21-,24+/m0/s1. The number of nitrogens with zero attached hydrogens (tertiary/aromatic N) is 1. The lowest BCUT2D eigenvalue weighted by Crippen LogP contribution is -2.53. The lowest BCUT2D eigenvalue weighted by Gasteiger charge is -2.44. The van der Waals surface area contributed by atoms with Crippen LogP contribution in [0, 0.1) is 23.7 Å². The van der Waals surface area contributed by atoms with Crippen LogP contribution in [0.3, 0.4) is 0 Å². The van der Waals surface area contributed by atoms with Crippen LogP contribution < -0.4 is 0 Å².